The number of carbonyl (C=O) groups excluding carboxylic acids is 2. The third-order valence-electron chi connectivity index (χ3n) is 4.07. The Balaban J connectivity index is 1.69. The summed E-state index contributed by atoms with van der Waals surface area (Å²) in [6.07, 6.45) is 0. The van der Waals surface area contributed by atoms with E-state index < -0.39 is 23.4 Å². The van der Waals surface area contributed by atoms with Crippen LogP contribution < -0.4 is 10.6 Å². The Hall–Kier alpha value is -3.33. The van der Waals surface area contributed by atoms with Crippen LogP contribution in [0.25, 0.3) is 0 Å². The molecule has 0 saturated carbocycles. The molecule has 7 nitrogen and oxygen atoms in total. The predicted octanol–water partition coefficient (Wildman–Crippen LogP) is 3.72. The molecule has 150 valence electrons. The molecule has 0 atom stereocenters. The van der Waals surface area contributed by atoms with Crippen molar-refractivity contribution in [2.24, 2.45) is 0 Å². The molecule has 0 bridgehead atoms. The van der Waals surface area contributed by atoms with Crippen LogP contribution in [0.4, 0.5) is 20.2 Å². The SMILES string of the molecule is Cc1ccc(NC(=O)c2nnn(CC(=O)Nc3ccc(F)cc3F)c2C)c(Cl)c1. The Kier molecular flexibility index (Phi) is 5.88. The van der Waals surface area contributed by atoms with Gasteiger partial charge in [-0.05, 0) is 43.7 Å². The van der Waals surface area contributed by atoms with E-state index in [1.54, 1.807) is 25.1 Å². The summed E-state index contributed by atoms with van der Waals surface area (Å²) in [7, 11) is 0. The molecular formula is C19H16ClF2N5O2. The summed E-state index contributed by atoms with van der Waals surface area (Å²) in [6.45, 7) is 3.13. The number of halogens is 3. The average Bonchev–Trinajstić information content (AvgIpc) is 3.00. The van der Waals surface area contributed by atoms with Crippen molar-refractivity contribution in [3.63, 3.8) is 0 Å². The summed E-state index contributed by atoms with van der Waals surface area (Å²) < 4.78 is 27.8. The molecule has 0 fully saturated rings. The lowest BCUT2D eigenvalue weighted by molar-refractivity contribution is -0.117. The van der Waals surface area contributed by atoms with Gasteiger partial charge in [0.05, 0.1) is 22.1 Å². The first-order chi connectivity index (χ1) is 13.7. The lowest BCUT2D eigenvalue weighted by Gasteiger charge is -2.08. The van der Waals surface area contributed by atoms with Crippen molar-refractivity contribution in [1.82, 2.24) is 15.0 Å². The Labute approximate surface area is 169 Å². The molecule has 0 radical (unpaired) electrons. The van der Waals surface area contributed by atoms with Crippen molar-refractivity contribution in [2.75, 3.05) is 10.6 Å². The third kappa shape index (κ3) is 4.75. The van der Waals surface area contributed by atoms with Crippen molar-refractivity contribution in [3.8, 4) is 0 Å². The highest BCUT2D eigenvalue weighted by atomic mass is 35.5. The number of hydrogen-bond acceptors (Lipinski definition) is 4. The minimum atomic E-state index is -0.899. The summed E-state index contributed by atoms with van der Waals surface area (Å²) in [5.41, 5.74) is 1.54. The van der Waals surface area contributed by atoms with Gasteiger partial charge in [-0.1, -0.05) is 22.9 Å². The monoisotopic (exact) mass is 419 g/mol. The molecule has 3 aromatic rings. The Morgan fingerprint density at radius 2 is 1.79 bits per heavy atom. The topological polar surface area (TPSA) is 88.9 Å². The molecule has 29 heavy (non-hydrogen) atoms. The molecule has 0 aliphatic carbocycles. The number of amides is 2. The van der Waals surface area contributed by atoms with Crippen LogP contribution in [-0.2, 0) is 11.3 Å². The quantitative estimate of drug-likeness (QED) is 0.659. The zero-order valence-corrected chi connectivity index (χ0v) is 16.2. The van der Waals surface area contributed by atoms with E-state index in [1.807, 2.05) is 6.92 Å². The van der Waals surface area contributed by atoms with Gasteiger partial charge in [-0.3, -0.25) is 9.59 Å². The lowest BCUT2D eigenvalue weighted by atomic mass is 10.2. The smallest absolute Gasteiger partial charge is 0.278 e. The maximum Gasteiger partial charge on any atom is 0.278 e. The zero-order chi connectivity index (χ0) is 21.1. The van der Waals surface area contributed by atoms with Gasteiger partial charge in [-0.25, -0.2) is 13.5 Å². The van der Waals surface area contributed by atoms with Crippen LogP contribution in [0.1, 0.15) is 21.7 Å². The Morgan fingerprint density at radius 1 is 1.07 bits per heavy atom. The van der Waals surface area contributed by atoms with Crippen LogP contribution in [0.15, 0.2) is 36.4 Å². The molecule has 0 saturated heterocycles. The van der Waals surface area contributed by atoms with Gasteiger partial charge in [0, 0.05) is 6.07 Å². The van der Waals surface area contributed by atoms with E-state index in [0.717, 1.165) is 17.7 Å². The van der Waals surface area contributed by atoms with E-state index in [4.69, 9.17) is 11.6 Å². The third-order valence-corrected chi connectivity index (χ3v) is 4.38. The van der Waals surface area contributed by atoms with Crippen LogP contribution in [0, 0.1) is 25.5 Å². The van der Waals surface area contributed by atoms with E-state index in [0.29, 0.717) is 22.5 Å². The normalized spacial score (nSPS) is 10.7. The molecule has 0 unspecified atom stereocenters. The summed E-state index contributed by atoms with van der Waals surface area (Å²) >= 11 is 6.11. The van der Waals surface area contributed by atoms with Gasteiger partial charge in [-0.15, -0.1) is 5.10 Å². The van der Waals surface area contributed by atoms with Crippen LogP contribution in [-0.4, -0.2) is 26.8 Å². The maximum atomic E-state index is 13.7. The second kappa shape index (κ2) is 8.36. The molecule has 3 rings (SSSR count). The van der Waals surface area contributed by atoms with Crippen molar-refractivity contribution >= 4 is 34.8 Å². The lowest BCUT2D eigenvalue weighted by Crippen LogP contribution is -2.21. The molecule has 1 aromatic heterocycles. The number of aromatic nitrogens is 3. The van der Waals surface area contributed by atoms with Crippen molar-refractivity contribution in [2.45, 2.75) is 20.4 Å². The van der Waals surface area contributed by atoms with Crippen LogP contribution in [0.2, 0.25) is 5.02 Å². The molecule has 2 aromatic carbocycles. The molecule has 0 aliphatic heterocycles. The predicted molar refractivity (Wildman–Crippen MR) is 104 cm³/mol. The fraction of sp³-hybridized carbons (Fsp3) is 0.158. The van der Waals surface area contributed by atoms with E-state index >= 15 is 0 Å². The van der Waals surface area contributed by atoms with E-state index in [9.17, 15) is 18.4 Å². The Bertz CT molecular complexity index is 1100. The first-order valence-corrected chi connectivity index (χ1v) is 8.85. The maximum absolute atomic E-state index is 13.7. The van der Waals surface area contributed by atoms with E-state index in [-0.39, 0.29) is 17.9 Å². The number of carbonyl (C=O) groups is 2. The standard InChI is InChI=1S/C19H16ClF2N5O2/c1-10-3-5-15(13(20)7-10)24-19(29)18-11(2)27(26-25-18)9-17(28)23-16-6-4-12(21)8-14(16)22/h3-8H,9H2,1-2H3,(H,23,28)(H,24,29). The summed E-state index contributed by atoms with van der Waals surface area (Å²) in [5, 5.41) is 12.9. The highest BCUT2D eigenvalue weighted by molar-refractivity contribution is 6.34. The first-order valence-electron chi connectivity index (χ1n) is 8.47. The van der Waals surface area contributed by atoms with Crippen molar-refractivity contribution < 1.29 is 18.4 Å². The molecule has 1 heterocycles. The minimum absolute atomic E-state index is 0.0161. The van der Waals surface area contributed by atoms with Crippen LogP contribution in [0.5, 0.6) is 0 Å². The number of anilines is 2. The largest absolute Gasteiger partial charge is 0.322 e. The number of nitrogens with zero attached hydrogens (tertiary/aromatic N) is 3. The van der Waals surface area contributed by atoms with Crippen LogP contribution >= 0.6 is 11.6 Å². The Morgan fingerprint density at radius 3 is 2.48 bits per heavy atom. The van der Waals surface area contributed by atoms with Crippen LogP contribution in [0.3, 0.4) is 0 Å². The van der Waals surface area contributed by atoms with Gasteiger partial charge in [0.1, 0.15) is 18.2 Å². The van der Waals surface area contributed by atoms with Crippen molar-refractivity contribution in [1.29, 1.82) is 0 Å². The number of nitrogens with one attached hydrogen (secondary N) is 2. The first kappa shape index (κ1) is 20.4. The number of benzene rings is 2. The van der Waals surface area contributed by atoms with Gasteiger partial charge >= 0.3 is 0 Å². The molecule has 10 heteroatoms. The van der Waals surface area contributed by atoms with Gasteiger partial charge < -0.3 is 10.6 Å². The second-order valence-corrected chi connectivity index (χ2v) is 6.70. The van der Waals surface area contributed by atoms with Gasteiger partial charge in [-0.2, -0.15) is 0 Å². The minimum Gasteiger partial charge on any atom is -0.322 e. The summed E-state index contributed by atoms with van der Waals surface area (Å²) in [5.74, 6) is -2.80. The highest BCUT2D eigenvalue weighted by Gasteiger charge is 2.19. The molecular weight excluding hydrogens is 404 g/mol. The number of rotatable bonds is 5. The van der Waals surface area contributed by atoms with Gasteiger partial charge in [0.2, 0.25) is 5.91 Å². The highest BCUT2D eigenvalue weighted by Crippen LogP contribution is 2.23. The molecule has 0 spiro atoms. The average molecular weight is 420 g/mol. The molecule has 2 N–H and O–H groups in total. The summed E-state index contributed by atoms with van der Waals surface area (Å²) in [6, 6.07) is 7.97. The fourth-order valence-corrected chi connectivity index (χ4v) is 2.82. The van der Waals surface area contributed by atoms with Gasteiger partial charge in [0.25, 0.3) is 5.91 Å². The van der Waals surface area contributed by atoms with E-state index in [2.05, 4.69) is 20.9 Å². The number of aryl methyl sites for hydroxylation is 1. The second-order valence-electron chi connectivity index (χ2n) is 6.29. The molecule has 2 amide bonds. The zero-order valence-electron chi connectivity index (χ0n) is 15.5. The van der Waals surface area contributed by atoms with Gasteiger partial charge in [0.15, 0.2) is 5.69 Å². The molecule has 0 aliphatic rings. The van der Waals surface area contributed by atoms with Crippen molar-refractivity contribution in [3.05, 3.63) is 70.0 Å². The fourth-order valence-electron chi connectivity index (χ4n) is 2.54. The summed E-state index contributed by atoms with van der Waals surface area (Å²) in [4.78, 5) is 24.6. The number of hydrogen-bond donors (Lipinski definition) is 2. The van der Waals surface area contributed by atoms with E-state index in [1.165, 1.54) is 4.68 Å².